The average Bonchev–Trinajstić information content (AvgIpc) is 2.52. The van der Waals surface area contributed by atoms with Crippen molar-refractivity contribution in [2.24, 2.45) is 0 Å². The summed E-state index contributed by atoms with van der Waals surface area (Å²) in [5, 5.41) is 0. The van der Waals surface area contributed by atoms with Crippen LogP contribution in [-0.4, -0.2) is 63.1 Å². The monoisotopic (exact) mass is 354 g/mol. The molecule has 0 amide bonds. The van der Waals surface area contributed by atoms with Crippen LogP contribution < -0.4 is 0 Å². The van der Waals surface area contributed by atoms with Gasteiger partial charge in [-0.1, -0.05) is 24.3 Å². The van der Waals surface area contributed by atoms with Crippen LogP contribution in [0.4, 0.5) is 0 Å². The van der Waals surface area contributed by atoms with Crippen molar-refractivity contribution in [1.29, 1.82) is 0 Å². The molecule has 1 aromatic carbocycles. The zero-order valence-electron chi connectivity index (χ0n) is 15.2. The Morgan fingerprint density at radius 2 is 1.79 bits per heavy atom. The van der Waals surface area contributed by atoms with E-state index in [4.69, 9.17) is 4.74 Å². The van der Waals surface area contributed by atoms with Crippen molar-refractivity contribution in [2.75, 3.05) is 33.4 Å². The molecule has 2 atom stereocenters. The van der Waals surface area contributed by atoms with Gasteiger partial charge in [-0.15, -0.1) is 0 Å². The van der Waals surface area contributed by atoms with Gasteiger partial charge in [0, 0.05) is 45.4 Å². The van der Waals surface area contributed by atoms with E-state index < -0.39 is 10.0 Å². The summed E-state index contributed by atoms with van der Waals surface area (Å²) in [6.45, 7) is 8.99. The van der Waals surface area contributed by atoms with Gasteiger partial charge < -0.3 is 4.74 Å². The number of hydrogen-bond acceptors (Lipinski definition) is 4. The van der Waals surface area contributed by atoms with Crippen molar-refractivity contribution in [1.82, 2.24) is 9.21 Å². The Bertz CT molecular complexity index is 621. The molecular formula is C18H30N2O3S. The fourth-order valence-electron chi connectivity index (χ4n) is 3.43. The first-order chi connectivity index (χ1) is 11.3. The molecule has 2 rings (SSSR count). The molecule has 0 bridgehead atoms. The van der Waals surface area contributed by atoms with Gasteiger partial charge in [-0.2, -0.15) is 4.31 Å². The molecule has 2 unspecified atom stereocenters. The highest BCUT2D eigenvalue weighted by atomic mass is 32.2. The lowest BCUT2D eigenvalue weighted by molar-refractivity contribution is 0.0665. The highest BCUT2D eigenvalue weighted by molar-refractivity contribution is 7.88. The van der Waals surface area contributed by atoms with Gasteiger partial charge in [0.05, 0.1) is 5.75 Å². The molecule has 24 heavy (non-hydrogen) atoms. The van der Waals surface area contributed by atoms with E-state index in [1.807, 2.05) is 31.2 Å². The van der Waals surface area contributed by atoms with E-state index in [1.165, 1.54) is 0 Å². The molecule has 0 aliphatic carbocycles. The van der Waals surface area contributed by atoms with Crippen LogP contribution in [0.15, 0.2) is 24.3 Å². The predicted molar refractivity (Wildman–Crippen MR) is 97.5 cm³/mol. The zero-order valence-corrected chi connectivity index (χ0v) is 16.1. The maximum absolute atomic E-state index is 12.9. The Hall–Kier alpha value is -0.950. The smallest absolute Gasteiger partial charge is 0.218 e. The topological polar surface area (TPSA) is 49.9 Å². The summed E-state index contributed by atoms with van der Waals surface area (Å²) in [6, 6.07) is 8.14. The number of benzene rings is 1. The maximum Gasteiger partial charge on any atom is 0.218 e. The van der Waals surface area contributed by atoms with Crippen molar-refractivity contribution in [3.63, 3.8) is 0 Å². The van der Waals surface area contributed by atoms with Crippen LogP contribution in [0.25, 0.3) is 0 Å². The first kappa shape index (κ1) is 19.4. The Morgan fingerprint density at radius 1 is 1.17 bits per heavy atom. The second-order valence-corrected chi connectivity index (χ2v) is 8.75. The molecular weight excluding hydrogens is 324 g/mol. The fraction of sp³-hybridized carbons (Fsp3) is 0.667. The highest BCUT2D eigenvalue weighted by Crippen LogP contribution is 2.22. The normalized spacial score (nSPS) is 23.5. The Labute approximate surface area is 146 Å². The maximum atomic E-state index is 12.9. The summed E-state index contributed by atoms with van der Waals surface area (Å²) < 4.78 is 32.5. The van der Waals surface area contributed by atoms with Crippen LogP contribution >= 0.6 is 0 Å². The van der Waals surface area contributed by atoms with Crippen molar-refractivity contribution < 1.29 is 13.2 Å². The van der Waals surface area contributed by atoms with Crippen molar-refractivity contribution in [3.05, 3.63) is 35.4 Å². The van der Waals surface area contributed by atoms with E-state index in [1.54, 1.807) is 11.4 Å². The Morgan fingerprint density at radius 3 is 2.38 bits per heavy atom. The van der Waals surface area contributed by atoms with Gasteiger partial charge in [-0.3, -0.25) is 4.90 Å². The first-order valence-corrected chi connectivity index (χ1v) is 10.2. The minimum atomic E-state index is -3.29. The van der Waals surface area contributed by atoms with Gasteiger partial charge in [-0.05, 0) is 38.3 Å². The highest BCUT2D eigenvalue weighted by Gasteiger charge is 2.35. The number of sulfonamides is 1. The molecule has 1 aromatic rings. The van der Waals surface area contributed by atoms with Gasteiger partial charge in [0.1, 0.15) is 0 Å². The third-order valence-electron chi connectivity index (χ3n) is 4.83. The second-order valence-electron chi connectivity index (χ2n) is 6.78. The van der Waals surface area contributed by atoms with Gasteiger partial charge in [0.2, 0.25) is 10.0 Å². The van der Waals surface area contributed by atoms with E-state index in [-0.39, 0.29) is 17.8 Å². The molecule has 1 aliphatic heterocycles. The SMILES string of the molecule is COCCCN1C(C)CN(S(=O)(=O)Cc2ccccc2C)CC1C. The molecule has 5 nitrogen and oxygen atoms in total. The predicted octanol–water partition coefficient (Wildman–Crippen LogP) is 2.26. The summed E-state index contributed by atoms with van der Waals surface area (Å²) in [5.74, 6) is 0.0861. The molecule has 1 heterocycles. The molecule has 0 aromatic heterocycles. The zero-order chi connectivity index (χ0) is 17.7. The van der Waals surface area contributed by atoms with Gasteiger partial charge in [0.25, 0.3) is 0 Å². The summed E-state index contributed by atoms with van der Waals surface area (Å²) in [6.07, 6.45) is 0.973. The van der Waals surface area contributed by atoms with Crippen LogP contribution in [0.2, 0.25) is 0 Å². The minimum Gasteiger partial charge on any atom is -0.385 e. The number of hydrogen-bond donors (Lipinski definition) is 0. The van der Waals surface area contributed by atoms with E-state index in [2.05, 4.69) is 18.7 Å². The number of nitrogens with zero attached hydrogens (tertiary/aromatic N) is 2. The number of rotatable bonds is 7. The summed E-state index contributed by atoms with van der Waals surface area (Å²) in [5.41, 5.74) is 1.92. The molecule has 136 valence electrons. The first-order valence-electron chi connectivity index (χ1n) is 8.62. The van der Waals surface area contributed by atoms with E-state index in [9.17, 15) is 8.42 Å². The number of methoxy groups -OCH3 is 1. The number of ether oxygens (including phenoxy) is 1. The van der Waals surface area contributed by atoms with Gasteiger partial charge in [0.15, 0.2) is 0 Å². The minimum absolute atomic E-state index is 0.0861. The summed E-state index contributed by atoms with van der Waals surface area (Å²) in [7, 11) is -1.58. The van der Waals surface area contributed by atoms with Crippen LogP contribution in [0.3, 0.4) is 0 Å². The van der Waals surface area contributed by atoms with Gasteiger partial charge in [-0.25, -0.2) is 8.42 Å². The largest absolute Gasteiger partial charge is 0.385 e. The lowest BCUT2D eigenvalue weighted by Crippen LogP contribution is -2.58. The van der Waals surface area contributed by atoms with Crippen molar-refractivity contribution >= 4 is 10.0 Å². The molecule has 0 radical (unpaired) electrons. The van der Waals surface area contributed by atoms with Crippen molar-refractivity contribution in [2.45, 2.75) is 45.0 Å². The van der Waals surface area contributed by atoms with Crippen LogP contribution in [0.5, 0.6) is 0 Å². The van der Waals surface area contributed by atoms with Gasteiger partial charge >= 0.3 is 0 Å². The summed E-state index contributed by atoms with van der Waals surface area (Å²) >= 11 is 0. The molecule has 1 saturated heterocycles. The van der Waals surface area contributed by atoms with E-state index >= 15 is 0 Å². The third kappa shape index (κ3) is 4.79. The third-order valence-corrected chi connectivity index (χ3v) is 6.59. The van der Waals surface area contributed by atoms with Crippen LogP contribution in [0.1, 0.15) is 31.4 Å². The molecule has 0 N–H and O–H groups in total. The van der Waals surface area contributed by atoms with Crippen molar-refractivity contribution in [3.8, 4) is 0 Å². The lowest BCUT2D eigenvalue weighted by atomic mass is 10.1. The van der Waals surface area contributed by atoms with Crippen LogP contribution in [-0.2, 0) is 20.5 Å². The second kappa shape index (κ2) is 8.43. The molecule has 6 heteroatoms. The number of aryl methyl sites for hydroxylation is 1. The Balaban J connectivity index is 2.04. The lowest BCUT2D eigenvalue weighted by Gasteiger charge is -2.43. The Kier molecular flexibility index (Phi) is 6.80. The molecule has 1 fully saturated rings. The van der Waals surface area contributed by atoms with Crippen LogP contribution in [0, 0.1) is 6.92 Å². The molecule has 1 aliphatic rings. The number of piperazine rings is 1. The van der Waals surface area contributed by atoms with E-state index in [0.29, 0.717) is 13.1 Å². The standard InChI is InChI=1S/C18H30N2O3S/c1-15-8-5-6-9-18(15)14-24(21,22)19-12-16(2)20(17(3)13-19)10-7-11-23-4/h5-6,8-9,16-17H,7,10-14H2,1-4H3. The molecule has 0 spiro atoms. The van der Waals surface area contributed by atoms with E-state index in [0.717, 1.165) is 30.7 Å². The average molecular weight is 355 g/mol. The summed E-state index contributed by atoms with van der Waals surface area (Å²) in [4.78, 5) is 2.39. The quantitative estimate of drug-likeness (QED) is 0.705. The fourth-order valence-corrected chi connectivity index (χ4v) is 5.21. The molecule has 0 saturated carbocycles.